The van der Waals surface area contributed by atoms with Gasteiger partial charge in [0.1, 0.15) is 11.5 Å². The highest BCUT2D eigenvalue weighted by molar-refractivity contribution is 5.65. The monoisotopic (exact) mass is 284 g/mol. The molecule has 0 spiro atoms. The number of aromatic hydroxyl groups is 1. The lowest BCUT2D eigenvalue weighted by atomic mass is 9.64. The topological polar surface area (TPSA) is 29.5 Å². The second-order valence-corrected chi connectivity index (χ2v) is 6.63. The summed E-state index contributed by atoms with van der Waals surface area (Å²) in [6.45, 7) is 6.53. The Labute approximate surface area is 127 Å². The van der Waals surface area contributed by atoms with Crippen molar-refractivity contribution in [2.45, 2.75) is 32.6 Å². The Morgan fingerprint density at radius 3 is 2.81 bits per heavy atom. The summed E-state index contributed by atoms with van der Waals surface area (Å²) in [6, 6.07) is 7.38. The van der Waals surface area contributed by atoms with E-state index in [-0.39, 0.29) is 5.75 Å². The summed E-state index contributed by atoms with van der Waals surface area (Å²) < 4.78 is 5.77. The van der Waals surface area contributed by atoms with E-state index >= 15 is 0 Å². The zero-order valence-corrected chi connectivity index (χ0v) is 12.9. The number of hydrogen-bond acceptors (Lipinski definition) is 2. The first-order valence-corrected chi connectivity index (χ1v) is 7.82. The summed E-state index contributed by atoms with van der Waals surface area (Å²) in [7, 11) is 1.74. The van der Waals surface area contributed by atoms with Crippen LogP contribution in [0, 0.1) is 17.8 Å². The van der Waals surface area contributed by atoms with Gasteiger partial charge in [-0.3, -0.25) is 0 Å². The van der Waals surface area contributed by atoms with Crippen molar-refractivity contribution in [3.63, 3.8) is 0 Å². The van der Waals surface area contributed by atoms with Gasteiger partial charge in [0.15, 0.2) is 0 Å². The Kier molecular flexibility index (Phi) is 3.79. The van der Waals surface area contributed by atoms with Crippen molar-refractivity contribution in [2.24, 2.45) is 17.8 Å². The average molecular weight is 284 g/mol. The van der Waals surface area contributed by atoms with Crippen LogP contribution in [0.25, 0.3) is 5.76 Å². The van der Waals surface area contributed by atoms with E-state index in [1.807, 2.05) is 12.1 Å². The van der Waals surface area contributed by atoms with Crippen LogP contribution in [0.2, 0.25) is 0 Å². The third-order valence-electron chi connectivity index (χ3n) is 4.96. The molecule has 1 aromatic carbocycles. The maximum atomic E-state index is 9.75. The number of ether oxygens (including phenoxy) is 1. The Hall–Kier alpha value is -1.70. The van der Waals surface area contributed by atoms with Gasteiger partial charge >= 0.3 is 0 Å². The molecule has 0 aromatic heterocycles. The molecule has 2 fully saturated rings. The van der Waals surface area contributed by atoms with Gasteiger partial charge in [-0.05, 0) is 61.1 Å². The molecule has 2 bridgehead atoms. The predicted molar refractivity (Wildman–Crippen MR) is 85.8 cm³/mol. The molecule has 0 aliphatic heterocycles. The van der Waals surface area contributed by atoms with E-state index in [1.165, 1.54) is 30.4 Å². The minimum absolute atomic E-state index is 0.289. The van der Waals surface area contributed by atoms with E-state index in [9.17, 15) is 5.11 Å². The molecule has 0 radical (unpaired) electrons. The molecule has 2 nitrogen and oxygen atoms in total. The number of benzene rings is 1. The summed E-state index contributed by atoms with van der Waals surface area (Å²) in [5.41, 5.74) is 3.78. The largest absolute Gasteiger partial charge is 0.508 e. The van der Waals surface area contributed by atoms with E-state index in [2.05, 4.69) is 13.5 Å². The Balaban J connectivity index is 2.05. The molecule has 3 atom stereocenters. The first kappa shape index (κ1) is 14.2. The fraction of sp³-hybridized carbons (Fsp3) is 0.474. The molecule has 0 amide bonds. The average Bonchev–Trinajstić information content (AvgIpc) is 2.42. The fourth-order valence-corrected chi connectivity index (χ4v) is 4.31. The number of allylic oxidation sites excluding steroid dienone is 2. The molecule has 2 aliphatic rings. The third kappa shape index (κ3) is 2.72. The Morgan fingerprint density at radius 1 is 1.29 bits per heavy atom. The van der Waals surface area contributed by atoms with Gasteiger partial charge in [0.05, 0.1) is 7.11 Å². The van der Waals surface area contributed by atoms with Crippen LogP contribution in [0.3, 0.4) is 0 Å². The van der Waals surface area contributed by atoms with Crippen molar-refractivity contribution >= 4 is 5.76 Å². The summed E-state index contributed by atoms with van der Waals surface area (Å²) in [5.74, 6) is 3.13. The normalized spacial score (nSPS) is 31.0. The lowest BCUT2D eigenvalue weighted by molar-refractivity contribution is 0.234. The fourth-order valence-electron chi connectivity index (χ4n) is 4.31. The van der Waals surface area contributed by atoms with Crippen LogP contribution in [0.1, 0.15) is 38.2 Å². The van der Waals surface area contributed by atoms with Gasteiger partial charge in [0.25, 0.3) is 0 Å². The molecule has 1 N–H and O–H groups in total. The Morgan fingerprint density at radius 2 is 2.10 bits per heavy atom. The first-order valence-electron chi connectivity index (χ1n) is 7.82. The molecule has 0 saturated heterocycles. The molecular weight excluding hydrogens is 260 g/mol. The van der Waals surface area contributed by atoms with Gasteiger partial charge in [0.2, 0.25) is 0 Å². The van der Waals surface area contributed by atoms with Crippen LogP contribution >= 0.6 is 0 Å². The Bertz CT molecular complexity index is 583. The quantitative estimate of drug-likeness (QED) is 0.626. The lowest BCUT2D eigenvalue weighted by Crippen LogP contribution is -2.30. The molecule has 0 heterocycles. The molecular formula is C19H24O2. The zero-order valence-electron chi connectivity index (χ0n) is 12.9. The molecule has 21 heavy (non-hydrogen) atoms. The SMILES string of the molecule is C=C1CC2CC(C)/C(=C(\OC)c3cccc(O)c3)C(C1)C2. The summed E-state index contributed by atoms with van der Waals surface area (Å²) >= 11 is 0. The van der Waals surface area contributed by atoms with Crippen LogP contribution in [-0.2, 0) is 4.74 Å². The van der Waals surface area contributed by atoms with Crippen LogP contribution in [-0.4, -0.2) is 12.2 Å². The van der Waals surface area contributed by atoms with Gasteiger partial charge in [-0.2, -0.15) is 0 Å². The van der Waals surface area contributed by atoms with E-state index in [1.54, 1.807) is 19.2 Å². The summed E-state index contributed by atoms with van der Waals surface area (Å²) in [5, 5.41) is 9.75. The number of phenolic OH excluding ortho intramolecular Hbond substituents is 1. The number of rotatable bonds is 2. The van der Waals surface area contributed by atoms with Crippen LogP contribution < -0.4 is 0 Å². The van der Waals surface area contributed by atoms with E-state index < -0.39 is 0 Å². The molecule has 3 unspecified atom stereocenters. The van der Waals surface area contributed by atoms with Crippen molar-refractivity contribution in [1.82, 2.24) is 0 Å². The number of phenols is 1. The second-order valence-electron chi connectivity index (χ2n) is 6.63. The first-order chi connectivity index (χ1) is 10.1. The number of hydrogen-bond donors (Lipinski definition) is 1. The van der Waals surface area contributed by atoms with Gasteiger partial charge < -0.3 is 9.84 Å². The maximum Gasteiger partial charge on any atom is 0.125 e. The molecule has 3 rings (SSSR count). The molecule has 1 aromatic rings. The summed E-state index contributed by atoms with van der Waals surface area (Å²) in [4.78, 5) is 0. The van der Waals surface area contributed by atoms with Gasteiger partial charge in [0, 0.05) is 5.56 Å². The second kappa shape index (κ2) is 5.59. The molecule has 112 valence electrons. The summed E-state index contributed by atoms with van der Waals surface area (Å²) in [6.07, 6.45) is 4.76. The van der Waals surface area contributed by atoms with Crippen molar-refractivity contribution in [3.05, 3.63) is 47.6 Å². The molecule has 2 aliphatic carbocycles. The third-order valence-corrected chi connectivity index (χ3v) is 4.96. The minimum Gasteiger partial charge on any atom is -0.508 e. The van der Waals surface area contributed by atoms with Crippen LogP contribution in [0.5, 0.6) is 5.75 Å². The number of fused-ring (bicyclic) bond motifs is 2. The van der Waals surface area contributed by atoms with Crippen LogP contribution in [0.4, 0.5) is 0 Å². The highest BCUT2D eigenvalue weighted by Crippen LogP contribution is 2.49. The highest BCUT2D eigenvalue weighted by atomic mass is 16.5. The number of methoxy groups -OCH3 is 1. The molecule has 2 heteroatoms. The van der Waals surface area contributed by atoms with Crippen LogP contribution in [0.15, 0.2) is 42.0 Å². The smallest absolute Gasteiger partial charge is 0.125 e. The van der Waals surface area contributed by atoms with Gasteiger partial charge in [-0.25, -0.2) is 0 Å². The van der Waals surface area contributed by atoms with Crippen molar-refractivity contribution < 1.29 is 9.84 Å². The van der Waals surface area contributed by atoms with E-state index in [4.69, 9.17) is 4.74 Å². The van der Waals surface area contributed by atoms with Gasteiger partial charge in [-0.1, -0.05) is 31.2 Å². The predicted octanol–water partition coefficient (Wildman–Crippen LogP) is 4.76. The van der Waals surface area contributed by atoms with Crippen molar-refractivity contribution in [1.29, 1.82) is 0 Å². The highest BCUT2D eigenvalue weighted by Gasteiger charge is 2.37. The van der Waals surface area contributed by atoms with Crippen molar-refractivity contribution in [3.8, 4) is 5.75 Å². The lowest BCUT2D eigenvalue weighted by Gasteiger charge is -2.42. The minimum atomic E-state index is 0.289. The van der Waals surface area contributed by atoms with Gasteiger partial charge in [-0.15, -0.1) is 0 Å². The van der Waals surface area contributed by atoms with Crippen molar-refractivity contribution in [2.75, 3.05) is 7.11 Å². The van der Waals surface area contributed by atoms with E-state index in [0.29, 0.717) is 11.8 Å². The standard InChI is InChI=1S/C19H24O2/c1-12-7-14-9-13(2)18(16(8-12)10-14)19(21-3)15-5-4-6-17(20)11-15/h4-6,11,13-14,16,20H,1,7-10H2,2-3H3/b19-18+. The zero-order chi connectivity index (χ0) is 15.0. The van der Waals surface area contributed by atoms with E-state index in [0.717, 1.165) is 23.7 Å². The maximum absolute atomic E-state index is 9.75. The molecule has 2 saturated carbocycles.